The molecule has 1 aromatic heterocycles. The molecule has 0 atom stereocenters. The number of fused-ring (bicyclic) bond motifs is 2. The molecule has 0 saturated heterocycles. The third-order valence-corrected chi connectivity index (χ3v) is 6.77. The van der Waals surface area contributed by atoms with E-state index < -0.39 is 10.0 Å². The van der Waals surface area contributed by atoms with E-state index in [1.807, 2.05) is 36.5 Å². The lowest BCUT2D eigenvalue weighted by atomic mass is 10.00. The van der Waals surface area contributed by atoms with Crippen LogP contribution >= 0.6 is 0 Å². The predicted octanol–water partition coefficient (Wildman–Crippen LogP) is 2.59. The monoisotopic (exact) mass is 397 g/mol. The van der Waals surface area contributed by atoms with Gasteiger partial charge in [-0.05, 0) is 47.7 Å². The average Bonchev–Trinajstić information content (AvgIpc) is 3.10. The number of sulfonamides is 1. The van der Waals surface area contributed by atoms with Crippen molar-refractivity contribution in [1.82, 2.24) is 14.6 Å². The largest absolute Gasteiger partial charge is 0.361 e. The van der Waals surface area contributed by atoms with Crippen molar-refractivity contribution in [3.8, 4) is 0 Å². The van der Waals surface area contributed by atoms with Crippen molar-refractivity contribution < 1.29 is 13.2 Å². The van der Waals surface area contributed by atoms with E-state index in [0.717, 1.165) is 34.0 Å². The van der Waals surface area contributed by atoms with Gasteiger partial charge in [0.05, 0.1) is 4.90 Å². The molecule has 146 valence electrons. The first kappa shape index (κ1) is 18.7. The fraction of sp³-hybridized carbons (Fsp3) is 0.286. The summed E-state index contributed by atoms with van der Waals surface area (Å²) in [4.78, 5) is 16.8. The summed E-state index contributed by atoms with van der Waals surface area (Å²) in [5.74, 6) is 0.00997. The summed E-state index contributed by atoms with van der Waals surface area (Å²) < 4.78 is 28.1. The molecule has 0 bridgehead atoms. The Labute approximate surface area is 164 Å². The zero-order valence-electron chi connectivity index (χ0n) is 15.7. The second kappa shape index (κ2) is 7.41. The number of hydrogen-bond acceptors (Lipinski definition) is 3. The molecule has 0 saturated carbocycles. The fourth-order valence-corrected chi connectivity index (χ4v) is 4.79. The molecule has 2 N–H and O–H groups in total. The first-order valence-electron chi connectivity index (χ1n) is 9.36. The van der Waals surface area contributed by atoms with Crippen LogP contribution < -0.4 is 4.72 Å². The van der Waals surface area contributed by atoms with E-state index in [0.29, 0.717) is 26.1 Å². The number of carbonyl (C=O) groups excluding carboxylic acids is 1. The number of aromatic amines is 1. The molecular weight excluding hydrogens is 374 g/mol. The van der Waals surface area contributed by atoms with Crippen LogP contribution in [0.1, 0.15) is 23.6 Å². The number of nitrogens with zero attached hydrogens (tertiary/aromatic N) is 1. The Morgan fingerprint density at radius 2 is 2.00 bits per heavy atom. The highest BCUT2D eigenvalue weighted by atomic mass is 32.2. The van der Waals surface area contributed by atoms with Gasteiger partial charge in [-0.2, -0.15) is 0 Å². The average molecular weight is 398 g/mol. The predicted molar refractivity (Wildman–Crippen MR) is 108 cm³/mol. The van der Waals surface area contributed by atoms with Gasteiger partial charge in [-0.25, -0.2) is 13.1 Å². The topological polar surface area (TPSA) is 82.3 Å². The number of rotatable bonds is 5. The summed E-state index contributed by atoms with van der Waals surface area (Å²) in [5.41, 5.74) is 4.14. The molecule has 0 aliphatic carbocycles. The molecule has 0 fully saturated rings. The quantitative estimate of drug-likeness (QED) is 0.694. The minimum absolute atomic E-state index is 0.00997. The number of amides is 1. The number of aromatic nitrogens is 1. The molecule has 2 aromatic carbocycles. The molecule has 6 nitrogen and oxygen atoms in total. The van der Waals surface area contributed by atoms with Crippen LogP contribution in [-0.4, -0.2) is 37.3 Å². The maximum Gasteiger partial charge on any atom is 0.240 e. The Bertz CT molecular complexity index is 1130. The van der Waals surface area contributed by atoms with Crippen LogP contribution in [0.15, 0.2) is 53.6 Å². The summed E-state index contributed by atoms with van der Waals surface area (Å²) >= 11 is 0. The number of hydrogen-bond donors (Lipinski definition) is 2. The van der Waals surface area contributed by atoms with Gasteiger partial charge in [-0.15, -0.1) is 0 Å². The number of H-pyrrole nitrogens is 1. The van der Waals surface area contributed by atoms with Gasteiger partial charge in [0, 0.05) is 43.7 Å². The van der Waals surface area contributed by atoms with Crippen molar-refractivity contribution in [2.75, 3.05) is 13.1 Å². The molecule has 1 amide bonds. The lowest BCUT2D eigenvalue weighted by molar-refractivity contribution is -0.129. The van der Waals surface area contributed by atoms with E-state index in [4.69, 9.17) is 0 Å². The molecule has 0 unspecified atom stereocenters. The van der Waals surface area contributed by atoms with Gasteiger partial charge in [0.15, 0.2) is 0 Å². The lowest BCUT2D eigenvalue weighted by Crippen LogP contribution is -2.34. The summed E-state index contributed by atoms with van der Waals surface area (Å²) in [6.45, 7) is 3.00. The zero-order chi connectivity index (χ0) is 19.7. The lowest BCUT2D eigenvalue weighted by Gasteiger charge is -2.28. The minimum atomic E-state index is -3.60. The van der Waals surface area contributed by atoms with E-state index in [1.54, 1.807) is 17.0 Å². The maximum atomic E-state index is 12.7. The second-order valence-electron chi connectivity index (χ2n) is 7.13. The third kappa shape index (κ3) is 3.68. The first-order valence-corrected chi connectivity index (χ1v) is 10.8. The molecule has 1 aliphatic rings. The van der Waals surface area contributed by atoms with E-state index in [2.05, 4.69) is 9.71 Å². The minimum Gasteiger partial charge on any atom is -0.361 e. The smallest absolute Gasteiger partial charge is 0.240 e. The summed E-state index contributed by atoms with van der Waals surface area (Å²) in [5, 5.41) is 1.11. The van der Waals surface area contributed by atoms with Crippen molar-refractivity contribution in [2.24, 2.45) is 0 Å². The standard InChI is InChI=1S/C21H23N3O3S/c1-15(25)24-11-9-16-6-7-19(12-18(16)14-24)28(26,27)23-10-8-17-13-22-21-5-3-2-4-20(17)21/h2-7,12-13,22-23H,8-11,14H2,1H3. The third-order valence-electron chi connectivity index (χ3n) is 5.31. The Balaban J connectivity index is 1.46. The van der Waals surface area contributed by atoms with E-state index in [-0.39, 0.29) is 10.8 Å². The molecule has 28 heavy (non-hydrogen) atoms. The van der Waals surface area contributed by atoms with E-state index >= 15 is 0 Å². The van der Waals surface area contributed by atoms with Crippen LogP contribution in [0, 0.1) is 0 Å². The van der Waals surface area contributed by atoms with Gasteiger partial charge < -0.3 is 9.88 Å². The van der Waals surface area contributed by atoms with Crippen LogP contribution in [0.3, 0.4) is 0 Å². The van der Waals surface area contributed by atoms with Gasteiger partial charge in [0.1, 0.15) is 0 Å². The van der Waals surface area contributed by atoms with Gasteiger partial charge in [-0.3, -0.25) is 4.79 Å². The van der Waals surface area contributed by atoms with Crippen LogP contribution in [-0.2, 0) is 34.2 Å². The molecule has 4 rings (SSSR count). The zero-order valence-corrected chi connectivity index (χ0v) is 16.6. The van der Waals surface area contributed by atoms with Crippen LogP contribution in [0.4, 0.5) is 0 Å². The molecule has 7 heteroatoms. The molecular formula is C21H23N3O3S. The summed E-state index contributed by atoms with van der Waals surface area (Å²) in [7, 11) is -3.60. The van der Waals surface area contributed by atoms with Crippen molar-refractivity contribution in [3.05, 3.63) is 65.4 Å². The molecule has 3 aromatic rings. The van der Waals surface area contributed by atoms with Gasteiger partial charge >= 0.3 is 0 Å². The number of benzene rings is 2. The SMILES string of the molecule is CC(=O)N1CCc2ccc(S(=O)(=O)NCCc3c[nH]c4ccccc34)cc2C1. The highest BCUT2D eigenvalue weighted by Crippen LogP contribution is 2.23. The molecule has 0 spiro atoms. The Kier molecular flexibility index (Phi) is 4.95. The Morgan fingerprint density at radius 1 is 1.18 bits per heavy atom. The highest BCUT2D eigenvalue weighted by Gasteiger charge is 2.21. The maximum absolute atomic E-state index is 12.7. The number of nitrogens with one attached hydrogen (secondary N) is 2. The van der Waals surface area contributed by atoms with Gasteiger partial charge in [-0.1, -0.05) is 24.3 Å². The molecule has 0 radical (unpaired) electrons. The van der Waals surface area contributed by atoms with Crippen LogP contribution in [0.5, 0.6) is 0 Å². The summed E-state index contributed by atoms with van der Waals surface area (Å²) in [6, 6.07) is 13.2. The highest BCUT2D eigenvalue weighted by molar-refractivity contribution is 7.89. The Morgan fingerprint density at radius 3 is 2.82 bits per heavy atom. The fourth-order valence-electron chi connectivity index (χ4n) is 3.71. The molecule has 1 aliphatic heterocycles. The normalized spacial score (nSPS) is 14.2. The van der Waals surface area contributed by atoms with Crippen molar-refractivity contribution in [2.45, 2.75) is 31.2 Å². The van der Waals surface area contributed by atoms with Gasteiger partial charge in [0.25, 0.3) is 0 Å². The van der Waals surface area contributed by atoms with Crippen molar-refractivity contribution >= 4 is 26.8 Å². The number of para-hydroxylation sites is 1. The summed E-state index contributed by atoms with van der Waals surface area (Å²) in [6.07, 6.45) is 3.28. The Hall–Kier alpha value is -2.64. The van der Waals surface area contributed by atoms with E-state index in [9.17, 15) is 13.2 Å². The first-order chi connectivity index (χ1) is 13.4. The van der Waals surface area contributed by atoms with Crippen molar-refractivity contribution in [3.63, 3.8) is 0 Å². The number of carbonyl (C=O) groups is 1. The van der Waals surface area contributed by atoms with Gasteiger partial charge in [0.2, 0.25) is 15.9 Å². The van der Waals surface area contributed by atoms with E-state index in [1.165, 1.54) is 6.92 Å². The van der Waals surface area contributed by atoms with Crippen LogP contribution in [0.2, 0.25) is 0 Å². The van der Waals surface area contributed by atoms with Crippen molar-refractivity contribution in [1.29, 1.82) is 0 Å². The second-order valence-corrected chi connectivity index (χ2v) is 8.90. The molecule has 2 heterocycles. The van der Waals surface area contributed by atoms with Crippen LogP contribution in [0.25, 0.3) is 10.9 Å².